The van der Waals surface area contributed by atoms with Crippen LogP contribution in [0.3, 0.4) is 0 Å². The lowest BCUT2D eigenvalue weighted by Crippen LogP contribution is -2.64. The molecule has 9 atom stereocenters. The molecule has 0 aromatic carbocycles. The molecule has 1 unspecified atom stereocenters. The smallest absolute Gasteiger partial charge is 0.169 e. The molecule has 2 aliphatic heterocycles. The third-order valence-corrected chi connectivity index (χ3v) is 12.1. The van der Waals surface area contributed by atoms with E-state index in [9.17, 15) is 5.11 Å². The van der Waals surface area contributed by atoms with Crippen LogP contribution in [0.1, 0.15) is 65.2 Å². The Hall–Kier alpha value is 0.320. The SMILES string of the molecule is CC1([C@H]2CC[C@H]3[C@@H]4CC5OC[C@@]6(CC[C@H](O)C[C@]56Br)[C@H]4CC[C@]23C)OCCO1. The van der Waals surface area contributed by atoms with Crippen LogP contribution in [-0.4, -0.2) is 47.2 Å². The van der Waals surface area contributed by atoms with Crippen molar-refractivity contribution in [3.8, 4) is 0 Å². The van der Waals surface area contributed by atoms with Crippen LogP contribution in [0.25, 0.3) is 0 Å². The second kappa shape index (κ2) is 5.97. The summed E-state index contributed by atoms with van der Waals surface area (Å²) in [4.78, 5) is 0. The quantitative estimate of drug-likeness (QED) is 0.600. The molecule has 2 bridgehead atoms. The molecule has 1 N–H and O–H groups in total. The van der Waals surface area contributed by atoms with Crippen LogP contribution in [0.15, 0.2) is 0 Å². The Kier molecular flexibility index (Phi) is 4.06. The molecule has 4 saturated carbocycles. The molecule has 0 amide bonds. The Labute approximate surface area is 177 Å². The fraction of sp³-hybridized carbons (Fsp3) is 1.00. The van der Waals surface area contributed by atoms with Gasteiger partial charge in [0.25, 0.3) is 0 Å². The van der Waals surface area contributed by atoms with Gasteiger partial charge in [-0.1, -0.05) is 22.9 Å². The largest absolute Gasteiger partial charge is 0.393 e. The van der Waals surface area contributed by atoms with Crippen molar-refractivity contribution < 1.29 is 19.3 Å². The van der Waals surface area contributed by atoms with E-state index in [0.717, 1.165) is 63.3 Å². The maximum absolute atomic E-state index is 10.4. The summed E-state index contributed by atoms with van der Waals surface area (Å²) in [7, 11) is 0. The van der Waals surface area contributed by atoms with E-state index < -0.39 is 0 Å². The molecule has 5 heteroatoms. The minimum Gasteiger partial charge on any atom is -0.393 e. The van der Waals surface area contributed by atoms with Crippen LogP contribution >= 0.6 is 15.9 Å². The number of rotatable bonds is 1. The Morgan fingerprint density at radius 3 is 2.54 bits per heavy atom. The minimum atomic E-state index is -0.382. The molecule has 0 spiro atoms. The molecule has 2 heterocycles. The number of ether oxygens (including phenoxy) is 3. The Morgan fingerprint density at radius 2 is 1.75 bits per heavy atom. The number of alkyl halides is 1. The van der Waals surface area contributed by atoms with Crippen molar-refractivity contribution in [1.82, 2.24) is 0 Å². The van der Waals surface area contributed by atoms with Gasteiger partial charge in [0.2, 0.25) is 0 Å². The van der Waals surface area contributed by atoms with Crippen LogP contribution in [0.2, 0.25) is 0 Å². The van der Waals surface area contributed by atoms with Crippen molar-refractivity contribution in [3.05, 3.63) is 0 Å². The number of hydrogen-bond acceptors (Lipinski definition) is 4. The first-order valence-electron chi connectivity index (χ1n) is 11.6. The fourth-order valence-corrected chi connectivity index (χ4v) is 10.6. The van der Waals surface area contributed by atoms with Gasteiger partial charge in [-0.2, -0.15) is 0 Å². The van der Waals surface area contributed by atoms with Gasteiger partial charge in [-0.15, -0.1) is 0 Å². The summed E-state index contributed by atoms with van der Waals surface area (Å²) < 4.78 is 18.8. The first kappa shape index (κ1) is 19.0. The second-order valence-electron chi connectivity index (χ2n) is 11.2. The summed E-state index contributed by atoms with van der Waals surface area (Å²) in [6, 6.07) is 0. The normalized spacial score (nSPS) is 59.6. The summed E-state index contributed by atoms with van der Waals surface area (Å²) >= 11 is 4.19. The molecule has 4 aliphatic carbocycles. The standard InChI is InChI=1S/C23H35BrO4/c1-20-7-6-17-15(16(20)3-4-18(20)21(2)27-9-10-28-21)11-19-23(24)12-14(25)5-8-22(17,23)13-26-19/h14-19,25H,3-13H2,1-2H3/t14-,15-,16-,17-,18-,19?,20-,22-,23-/m0/s1. The van der Waals surface area contributed by atoms with Crippen molar-refractivity contribution in [2.75, 3.05) is 19.8 Å². The van der Waals surface area contributed by atoms with Crippen molar-refractivity contribution in [3.63, 3.8) is 0 Å². The first-order valence-corrected chi connectivity index (χ1v) is 12.4. The van der Waals surface area contributed by atoms with E-state index in [1.165, 1.54) is 25.7 Å². The maximum Gasteiger partial charge on any atom is 0.169 e. The summed E-state index contributed by atoms with van der Waals surface area (Å²) in [5.41, 5.74) is 0.542. The average Bonchev–Trinajstić information content (AvgIpc) is 3.27. The van der Waals surface area contributed by atoms with Crippen molar-refractivity contribution in [2.45, 2.75) is 87.5 Å². The highest BCUT2D eigenvalue weighted by Crippen LogP contribution is 2.73. The molecule has 0 aromatic heterocycles. The van der Waals surface area contributed by atoms with Crippen LogP contribution in [0.4, 0.5) is 0 Å². The highest BCUT2D eigenvalue weighted by atomic mass is 79.9. The van der Waals surface area contributed by atoms with E-state index in [1.54, 1.807) is 0 Å². The minimum absolute atomic E-state index is 0.00572. The van der Waals surface area contributed by atoms with Gasteiger partial charge in [0, 0.05) is 11.3 Å². The molecule has 28 heavy (non-hydrogen) atoms. The van der Waals surface area contributed by atoms with Gasteiger partial charge in [-0.3, -0.25) is 0 Å². The highest BCUT2D eigenvalue weighted by Gasteiger charge is 2.72. The van der Waals surface area contributed by atoms with E-state index in [4.69, 9.17) is 14.2 Å². The number of halogens is 1. The zero-order valence-corrected chi connectivity index (χ0v) is 18.9. The maximum atomic E-state index is 10.4. The molecule has 4 nitrogen and oxygen atoms in total. The molecule has 0 radical (unpaired) electrons. The molecular formula is C23H35BrO4. The molecular weight excluding hydrogens is 420 g/mol. The first-order chi connectivity index (χ1) is 13.3. The molecule has 158 valence electrons. The van der Waals surface area contributed by atoms with Crippen LogP contribution < -0.4 is 0 Å². The van der Waals surface area contributed by atoms with Gasteiger partial charge in [-0.05, 0) is 81.5 Å². The average molecular weight is 455 g/mol. The van der Waals surface area contributed by atoms with Gasteiger partial charge >= 0.3 is 0 Å². The number of hydrogen-bond donors (Lipinski definition) is 1. The second-order valence-corrected chi connectivity index (χ2v) is 12.6. The van der Waals surface area contributed by atoms with E-state index in [0.29, 0.717) is 11.3 Å². The lowest BCUT2D eigenvalue weighted by Gasteiger charge is -2.63. The monoisotopic (exact) mass is 454 g/mol. The zero-order valence-electron chi connectivity index (χ0n) is 17.3. The topological polar surface area (TPSA) is 47.9 Å². The van der Waals surface area contributed by atoms with Crippen LogP contribution in [0, 0.1) is 34.5 Å². The lowest BCUT2D eigenvalue weighted by molar-refractivity contribution is -0.216. The van der Waals surface area contributed by atoms with Gasteiger partial charge in [-0.25, -0.2) is 0 Å². The van der Waals surface area contributed by atoms with Gasteiger partial charge in [0.05, 0.1) is 36.4 Å². The summed E-state index contributed by atoms with van der Waals surface area (Å²) in [5, 5.41) is 10.4. The summed E-state index contributed by atoms with van der Waals surface area (Å²) in [6.07, 6.45) is 9.30. The zero-order chi connectivity index (χ0) is 19.4. The van der Waals surface area contributed by atoms with Gasteiger partial charge in [0.1, 0.15) is 0 Å². The lowest BCUT2D eigenvalue weighted by atomic mass is 9.44. The number of aliphatic hydroxyl groups excluding tert-OH is 1. The molecule has 6 rings (SSSR count). The third-order valence-electron chi connectivity index (χ3n) is 10.5. The fourth-order valence-electron chi connectivity index (χ4n) is 9.30. The van der Waals surface area contributed by atoms with E-state index in [-0.39, 0.29) is 27.7 Å². The third kappa shape index (κ3) is 2.16. The van der Waals surface area contributed by atoms with E-state index in [2.05, 4.69) is 29.8 Å². The molecule has 6 aliphatic rings. The summed E-state index contributed by atoms with van der Waals surface area (Å²) in [6.45, 7) is 7.12. The van der Waals surface area contributed by atoms with Gasteiger partial charge < -0.3 is 19.3 Å². The highest BCUT2D eigenvalue weighted by molar-refractivity contribution is 9.10. The Bertz CT molecular complexity index is 665. The van der Waals surface area contributed by atoms with Gasteiger partial charge in [0.15, 0.2) is 5.79 Å². The predicted octanol–water partition coefficient (Wildman–Crippen LogP) is 4.28. The predicted molar refractivity (Wildman–Crippen MR) is 109 cm³/mol. The number of fused-ring (bicyclic) bond motifs is 3. The van der Waals surface area contributed by atoms with E-state index >= 15 is 0 Å². The summed E-state index contributed by atoms with van der Waals surface area (Å²) in [5.74, 6) is 2.36. The van der Waals surface area contributed by atoms with E-state index in [1.807, 2.05) is 0 Å². The number of aliphatic hydroxyl groups is 1. The van der Waals surface area contributed by atoms with Crippen LogP contribution in [0.5, 0.6) is 0 Å². The van der Waals surface area contributed by atoms with Crippen molar-refractivity contribution >= 4 is 15.9 Å². The van der Waals surface area contributed by atoms with Crippen molar-refractivity contribution in [2.24, 2.45) is 34.5 Å². The molecule has 0 aromatic rings. The Balaban J connectivity index is 1.34. The molecule has 6 fully saturated rings. The Morgan fingerprint density at radius 1 is 0.964 bits per heavy atom. The van der Waals surface area contributed by atoms with Crippen LogP contribution in [-0.2, 0) is 14.2 Å². The molecule has 2 saturated heterocycles. The van der Waals surface area contributed by atoms with Crippen molar-refractivity contribution in [1.29, 1.82) is 0 Å².